The molecule has 4 aromatic heterocycles. The number of nitrogens with one attached hydrogen (secondary N) is 6. The second-order valence-electron chi connectivity index (χ2n) is 18.6. The zero-order chi connectivity index (χ0) is 50.7. The number of hydrogen-bond donors (Lipinski definition) is 6. The highest BCUT2D eigenvalue weighted by molar-refractivity contribution is 6.31. The van der Waals surface area contributed by atoms with E-state index in [9.17, 15) is 19.2 Å². The minimum Gasteiger partial charge on any atom is -0.479 e. The van der Waals surface area contributed by atoms with E-state index < -0.39 is 12.2 Å². The normalized spacial score (nSPS) is 16.9. The van der Waals surface area contributed by atoms with Crippen LogP contribution in [0.1, 0.15) is 43.2 Å². The first kappa shape index (κ1) is 48.5. The lowest BCUT2D eigenvalue weighted by molar-refractivity contribution is -0.139. The molecule has 18 heteroatoms. The Hall–Kier alpha value is -7.76. The molecule has 8 heterocycles. The number of aromatic amines is 2. The SMILES string of the molecule is O=C(NCc1ccccc1)c1cc2c(-c3cc(Cl)cc4c3O[C@@H](C(=O)N3CCNCC3)C4)ccnc2[nH]1.O=C(NCc1ccccc1)c1cc2c(-c3cc(Cl)cc4c3O[C@H](C(=O)N3CCNCC3)C4)ccnc2[nH]1. The van der Waals surface area contributed by atoms with Gasteiger partial charge in [-0.3, -0.25) is 19.2 Å². The first-order valence-corrected chi connectivity index (χ1v) is 25.5. The van der Waals surface area contributed by atoms with E-state index >= 15 is 0 Å². The fourth-order valence-corrected chi connectivity index (χ4v) is 10.5. The Kier molecular flexibility index (Phi) is 14.0. The fraction of sp³-hybridized carbons (Fsp3) is 0.250. The van der Waals surface area contributed by atoms with Crippen molar-refractivity contribution in [1.29, 1.82) is 0 Å². The summed E-state index contributed by atoms with van der Waals surface area (Å²) >= 11 is 13.0. The Balaban J connectivity index is 0.000000159. The van der Waals surface area contributed by atoms with E-state index in [0.717, 1.165) is 81.5 Å². The number of halogens is 2. The highest BCUT2D eigenvalue weighted by Crippen LogP contribution is 2.45. The van der Waals surface area contributed by atoms with Crippen LogP contribution >= 0.6 is 23.2 Å². The molecule has 4 aromatic carbocycles. The van der Waals surface area contributed by atoms with Gasteiger partial charge in [0.25, 0.3) is 23.6 Å². The zero-order valence-electron chi connectivity index (χ0n) is 40.2. The number of benzene rings is 4. The molecule has 0 saturated carbocycles. The lowest BCUT2D eigenvalue weighted by Crippen LogP contribution is -2.50. The molecule has 4 aliphatic heterocycles. The van der Waals surface area contributed by atoms with Crippen LogP contribution in [0.5, 0.6) is 11.5 Å². The van der Waals surface area contributed by atoms with Crippen molar-refractivity contribution in [1.82, 2.24) is 51.0 Å². The van der Waals surface area contributed by atoms with Crippen LogP contribution in [0.3, 0.4) is 0 Å². The summed E-state index contributed by atoms with van der Waals surface area (Å²) in [6.45, 7) is 6.67. The number of piperazine rings is 2. The Morgan fingerprint density at radius 3 is 1.35 bits per heavy atom. The standard InChI is InChI=1S/2C28H26ClN5O3/c2*29-19-12-18-13-24(28(36)34-10-8-30-9-11-34)37-25(18)21(14-19)20-6-7-31-26-22(20)15-23(33-26)27(35)32-16-17-4-2-1-3-5-17/h2*1-7,12,14-15,24,30H,8-11,13,16H2,(H,31,33)(H,32,35)/t2*24-/m10/s1. The molecule has 6 N–H and O–H groups in total. The molecular formula is C56H52Cl2N10O6. The molecule has 0 radical (unpaired) electrons. The quantitative estimate of drug-likeness (QED) is 0.0822. The van der Waals surface area contributed by atoms with E-state index in [2.05, 4.69) is 41.2 Å². The van der Waals surface area contributed by atoms with Gasteiger partial charge in [0.15, 0.2) is 12.2 Å². The molecule has 0 aliphatic carbocycles. The molecular weight excluding hydrogens is 980 g/mol. The maximum atomic E-state index is 13.1. The number of carbonyl (C=O) groups is 4. The van der Waals surface area contributed by atoms with Crippen molar-refractivity contribution in [3.63, 3.8) is 0 Å². The predicted molar refractivity (Wildman–Crippen MR) is 283 cm³/mol. The molecule has 2 saturated heterocycles. The fourth-order valence-electron chi connectivity index (χ4n) is 10.0. The number of hydrogen-bond acceptors (Lipinski definition) is 10. The van der Waals surface area contributed by atoms with Crippen molar-refractivity contribution in [2.75, 3.05) is 52.4 Å². The molecule has 2 fully saturated rings. The van der Waals surface area contributed by atoms with Gasteiger partial charge >= 0.3 is 0 Å². The molecule has 0 spiro atoms. The first-order valence-electron chi connectivity index (χ1n) is 24.7. The summed E-state index contributed by atoms with van der Waals surface area (Å²) in [6.07, 6.45) is 3.17. The maximum absolute atomic E-state index is 13.1. The number of fused-ring (bicyclic) bond motifs is 4. The maximum Gasteiger partial charge on any atom is 0.268 e. The molecule has 4 aliphatic rings. The van der Waals surface area contributed by atoms with Gasteiger partial charge in [-0.2, -0.15) is 0 Å². The van der Waals surface area contributed by atoms with Crippen LogP contribution in [0.2, 0.25) is 10.0 Å². The highest BCUT2D eigenvalue weighted by atomic mass is 35.5. The van der Waals surface area contributed by atoms with Gasteiger partial charge in [-0.05, 0) is 70.8 Å². The summed E-state index contributed by atoms with van der Waals surface area (Å²) in [5.74, 6) is 0.866. The third kappa shape index (κ3) is 10.3. The molecule has 74 heavy (non-hydrogen) atoms. The molecule has 0 unspecified atom stereocenters. The minimum absolute atomic E-state index is 0.00124. The topological polar surface area (TPSA) is 199 Å². The number of carbonyl (C=O) groups excluding carboxylic acids is 4. The second kappa shape index (κ2) is 21.4. The van der Waals surface area contributed by atoms with Crippen molar-refractivity contribution in [2.24, 2.45) is 0 Å². The number of ether oxygens (including phenoxy) is 2. The van der Waals surface area contributed by atoms with Crippen LogP contribution in [-0.4, -0.2) is 118 Å². The molecule has 4 amide bonds. The summed E-state index contributed by atoms with van der Waals surface area (Å²) in [7, 11) is 0. The van der Waals surface area contributed by atoms with Crippen molar-refractivity contribution in [2.45, 2.75) is 38.1 Å². The predicted octanol–water partition coefficient (Wildman–Crippen LogP) is 7.10. The molecule has 8 aromatic rings. The molecule has 2 atom stereocenters. The van der Waals surface area contributed by atoms with Gasteiger partial charge in [-0.25, -0.2) is 9.97 Å². The number of amides is 4. The van der Waals surface area contributed by atoms with Crippen molar-refractivity contribution >= 4 is 68.9 Å². The largest absolute Gasteiger partial charge is 0.479 e. The van der Waals surface area contributed by atoms with E-state index in [4.69, 9.17) is 32.7 Å². The summed E-state index contributed by atoms with van der Waals surface area (Å²) < 4.78 is 12.5. The highest BCUT2D eigenvalue weighted by Gasteiger charge is 2.37. The van der Waals surface area contributed by atoms with Crippen molar-refractivity contribution in [3.05, 3.63) is 165 Å². The van der Waals surface area contributed by atoms with Gasteiger partial charge < -0.3 is 50.5 Å². The molecule has 0 bridgehead atoms. The number of pyridine rings is 2. The van der Waals surface area contributed by atoms with Crippen LogP contribution in [0.15, 0.2) is 122 Å². The number of aromatic nitrogens is 4. The minimum atomic E-state index is -0.576. The van der Waals surface area contributed by atoms with Crippen LogP contribution in [0.4, 0.5) is 0 Å². The van der Waals surface area contributed by atoms with Gasteiger partial charge in [0.05, 0.1) is 0 Å². The van der Waals surface area contributed by atoms with Gasteiger partial charge in [0.1, 0.15) is 34.2 Å². The van der Waals surface area contributed by atoms with Gasteiger partial charge in [0, 0.05) is 134 Å². The van der Waals surface area contributed by atoms with E-state index in [1.165, 1.54) is 0 Å². The average molecular weight is 1030 g/mol. The summed E-state index contributed by atoms with van der Waals surface area (Å²) in [5, 5.41) is 15.1. The van der Waals surface area contributed by atoms with Crippen LogP contribution in [0, 0.1) is 0 Å². The summed E-state index contributed by atoms with van der Waals surface area (Å²) in [5.41, 5.74) is 9.05. The van der Waals surface area contributed by atoms with Crippen LogP contribution in [0.25, 0.3) is 44.3 Å². The Morgan fingerprint density at radius 1 is 0.541 bits per heavy atom. The van der Waals surface area contributed by atoms with E-state index in [-0.39, 0.29) is 23.6 Å². The monoisotopic (exact) mass is 1030 g/mol. The number of rotatable bonds is 10. The molecule has 12 rings (SSSR count). The van der Waals surface area contributed by atoms with Crippen LogP contribution in [-0.2, 0) is 35.5 Å². The van der Waals surface area contributed by atoms with E-state index in [0.29, 0.717) is 96.3 Å². The first-order chi connectivity index (χ1) is 36.1. The average Bonchev–Trinajstić information content (AvgIpc) is 4.28. The smallest absolute Gasteiger partial charge is 0.268 e. The van der Waals surface area contributed by atoms with Gasteiger partial charge in [-0.15, -0.1) is 0 Å². The van der Waals surface area contributed by atoms with Gasteiger partial charge in [-0.1, -0.05) is 83.9 Å². The number of H-pyrrole nitrogens is 2. The Labute approximate surface area is 436 Å². The van der Waals surface area contributed by atoms with E-state index in [1.807, 2.05) is 107 Å². The molecule has 16 nitrogen and oxygen atoms in total. The zero-order valence-corrected chi connectivity index (χ0v) is 41.7. The van der Waals surface area contributed by atoms with Crippen molar-refractivity contribution < 1.29 is 28.7 Å². The molecule has 376 valence electrons. The Bertz CT molecular complexity index is 3190. The summed E-state index contributed by atoms with van der Waals surface area (Å²) in [4.78, 5) is 70.9. The summed E-state index contributed by atoms with van der Waals surface area (Å²) in [6, 6.07) is 34.2. The third-order valence-electron chi connectivity index (χ3n) is 13.7. The lowest BCUT2D eigenvalue weighted by atomic mass is 9.99. The second-order valence-corrected chi connectivity index (χ2v) is 19.5. The number of nitrogens with zero attached hydrogens (tertiary/aromatic N) is 4. The Morgan fingerprint density at radius 2 is 0.946 bits per heavy atom. The van der Waals surface area contributed by atoms with E-state index in [1.54, 1.807) is 24.5 Å². The lowest BCUT2D eigenvalue weighted by Gasteiger charge is -2.29. The van der Waals surface area contributed by atoms with Gasteiger partial charge in [0.2, 0.25) is 0 Å². The van der Waals surface area contributed by atoms with Crippen LogP contribution < -0.4 is 30.7 Å². The third-order valence-corrected chi connectivity index (χ3v) is 14.2. The van der Waals surface area contributed by atoms with Crippen molar-refractivity contribution in [3.8, 4) is 33.8 Å².